The van der Waals surface area contributed by atoms with Crippen molar-refractivity contribution in [3.05, 3.63) is 58.1 Å². The average molecular weight is 563 g/mol. The van der Waals surface area contributed by atoms with Crippen LogP contribution in [0.5, 0.6) is 11.5 Å². The molecule has 194 valence electrons. The van der Waals surface area contributed by atoms with Crippen molar-refractivity contribution < 1.29 is 38.8 Å². The van der Waals surface area contributed by atoms with Crippen molar-refractivity contribution >= 4 is 33.7 Å². The van der Waals surface area contributed by atoms with Gasteiger partial charge in [0.25, 0.3) is 0 Å². The number of fused-ring (bicyclic) bond motifs is 1. The second-order valence-electron chi connectivity index (χ2n) is 8.77. The largest absolute Gasteiger partial charge is 0.494 e. The first-order valence-electron chi connectivity index (χ1n) is 12.0. The van der Waals surface area contributed by atoms with Crippen LogP contribution >= 0.6 is 15.9 Å². The normalized spacial score (nSPS) is 16.2. The maximum absolute atomic E-state index is 13.7. The van der Waals surface area contributed by atoms with Crippen LogP contribution in [0.25, 0.3) is 0 Å². The minimum atomic E-state index is -1.41. The van der Waals surface area contributed by atoms with E-state index in [0.717, 1.165) is 16.5 Å². The number of Topliss-reactive ketones (excluding diaryl/α,β-unsaturated/α-hetero) is 1. The molecule has 8 nitrogen and oxygen atoms in total. The number of carbonyl (C=O) groups excluding carboxylic acids is 1. The van der Waals surface area contributed by atoms with Crippen LogP contribution in [0.15, 0.2) is 46.9 Å². The number of aryl methyl sites for hydroxylation is 1. The van der Waals surface area contributed by atoms with Crippen LogP contribution in [-0.2, 0) is 20.7 Å². The number of hydrogen-bond acceptors (Lipinski definition) is 6. The highest BCUT2D eigenvalue weighted by Crippen LogP contribution is 2.42. The van der Waals surface area contributed by atoms with Crippen LogP contribution in [0.1, 0.15) is 61.4 Å². The van der Waals surface area contributed by atoms with E-state index in [-0.39, 0.29) is 38.1 Å². The highest BCUT2D eigenvalue weighted by atomic mass is 79.9. The van der Waals surface area contributed by atoms with Crippen molar-refractivity contribution in [2.45, 2.75) is 63.6 Å². The third-order valence-electron chi connectivity index (χ3n) is 6.08. The molecule has 1 atom stereocenters. The number of para-hydroxylation sites is 1. The van der Waals surface area contributed by atoms with E-state index in [1.54, 1.807) is 12.1 Å². The molecule has 0 bridgehead atoms. The van der Waals surface area contributed by atoms with Crippen molar-refractivity contribution in [2.75, 3.05) is 13.2 Å². The Balaban J connectivity index is 1.83. The average Bonchev–Trinajstić information content (AvgIpc) is 2.84. The first-order chi connectivity index (χ1) is 17.3. The summed E-state index contributed by atoms with van der Waals surface area (Å²) in [7, 11) is 0. The summed E-state index contributed by atoms with van der Waals surface area (Å²) in [5.74, 6) is -1.34. The Morgan fingerprint density at radius 2 is 1.69 bits per heavy atom. The minimum Gasteiger partial charge on any atom is -0.494 e. The molecule has 1 heterocycles. The summed E-state index contributed by atoms with van der Waals surface area (Å²) in [4.78, 5) is 36.6. The number of hydrogen-bond donors (Lipinski definition) is 2. The highest BCUT2D eigenvalue weighted by molar-refractivity contribution is 9.10. The quantitative estimate of drug-likeness (QED) is 0.297. The molecule has 0 aliphatic carbocycles. The maximum Gasteiger partial charge on any atom is 0.303 e. The van der Waals surface area contributed by atoms with Gasteiger partial charge in [-0.2, -0.15) is 0 Å². The topological polar surface area (TPSA) is 119 Å². The van der Waals surface area contributed by atoms with Gasteiger partial charge in [0, 0.05) is 36.6 Å². The van der Waals surface area contributed by atoms with Crippen molar-refractivity contribution in [3.8, 4) is 11.5 Å². The summed E-state index contributed by atoms with van der Waals surface area (Å²) in [6, 6.07) is 12.7. The number of benzene rings is 2. The number of halogens is 1. The minimum absolute atomic E-state index is 0.0543. The van der Waals surface area contributed by atoms with Gasteiger partial charge in [0.1, 0.15) is 17.1 Å². The van der Waals surface area contributed by atoms with Crippen molar-refractivity contribution in [1.82, 2.24) is 0 Å². The molecule has 0 amide bonds. The highest BCUT2D eigenvalue weighted by Gasteiger charge is 2.51. The molecule has 1 aliphatic heterocycles. The zero-order valence-electron chi connectivity index (χ0n) is 20.2. The number of ether oxygens (including phenoxy) is 3. The summed E-state index contributed by atoms with van der Waals surface area (Å²) in [6.45, 7) is 2.51. The third kappa shape index (κ3) is 7.07. The smallest absolute Gasteiger partial charge is 0.303 e. The Labute approximate surface area is 218 Å². The molecule has 1 aliphatic rings. The zero-order chi connectivity index (χ0) is 26.1. The molecule has 2 N–H and O–H groups in total. The van der Waals surface area contributed by atoms with Gasteiger partial charge in [0.2, 0.25) is 0 Å². The van der Waals surface area contributed by atoms with Gasteiger partial charge in [-0.3, -0.25) is 14.4 Å². The molecule has 9 heteroatoms. The van der Waals surface area contributed by atoms with E-state index < -0.39 is 23.6 Å². The molecule has 0 spiro atoms. The van der Waals surface area contributed by atoms with Crippen LogP contribution in [0.2, 0.25) is 0 Å². The Morgan fingerprint density at radius 1 is 1.03 bits per heavy atom. The molecule has 1 unspecified atom stereocenters. The molecule has 0 aromatic heterocycles. The predicted octanol–water partition coefficient (Wildman–Crippen LogP) is 5.30. The lowest BCUT2D eigenvalue weighted by molar-refractivity contribution is -0.143. The maximum atomic E-state index is 13.7. The van der Waals surface area contributed by atoms with E-state index in [9.17, 15) is 24.6 Å². The molecule has 2 aromatic rings. The number of carboxylic acids is 2. The summed E-state index contributed by atoms with van der Waals surface area (Å²) < 4.78 is 19.1. The van der Waals surface area contributed by atoms with Gasteiger partial charge in [0.15, 0.2) is 11.9 Å². The number of aliphatic carboxylic acids is 2. The Hall–Kier alpha value is -2.91. The van der Waals surface area contributed by atoms with Gasteiger partial charge in [0.05, 0.1) is 18.8 Å². The second kappa shape index (κ2) is 12.9. The number of carboxylic acid groups (broad SMARTS) is 2. The van der Waals surface area contributed by atoms with Gasteiger partial charge in [-0.1, -0.05) is 41.4 Å². The molecule has 0 radical (unpaired) electrons. The Bertz CT molecular complexity index is 1050. The van der Waals surface area contributed by atoms with Crippen LogP contribution in [0, 0.1) is 0 Å². The van der Waals surface area contributed by atoms with Crippen molar-refractivity contribution in [1.29, 1.82) is 0 Å². The van der Waals surface area contributed by atoms with Gasteiger partial charge in [-0.15, -0.1) is 0 Å². The standard InChI is InChI=1S/C27H31BrO8/c1-2-5-18-6-3-7-21-24(33)26(35-17-4-16-34-20-10-8-19(28)9-11-20)27(36-25(18)21,14-12-22(29)30)15-13-23(31)32/h3,6-11,26H,2,4-5,12-17H2,1H3,(H,29,30)(H,31,32). The molecular formula is C27H31BrO8. The number of rotatable bonds is 14. The molecule has 36 heavy (non-hydrogen) atoms. The third-order valence-corrected chi connectivity index (χ3v) is 6.61. The second-order valence-corrected chi connectivity index (χ2v) is 9.68. The molecule has 0 saturated heterocycles. The Kier molecular flexibility index (Phi) is 9.89. The van der Waals surface area contributed by atoms with Crippen molar-refractivity contribution in [2.24, 2.45) is 0 Å². The molecule has 2 aromatic carbocycles. The molecule has 3 rings (SSSR count). The van der Waals surface area contributed by atoms with E-state index in [2.05, 4.69) is 15.9 Å². The van der Waals surface area contributed by atoms with Crippen LogP contribution < -0.4 is 9.47 Å². The summed E-state index contributed by atoms with van der Waals surface area (Å²) >= 11 is 3.37. The lowest BCUT2D eigenvalue weighted by Crippen LogP contribution is -2.56. The van der Waals surface area contributed by atoms with E-state index in [1.807, 2.05) is 37.3 Å². The summed E-state index contributed by atoms with van der Waals surface area (Å²) in [6.07, 6.45) is 0.148. The fraction of sp³-hybridized carbons (Fsp3) is 0.444. The fourth-order valence-electron chi connectivity index (χ4n) is 4.34. The van der Waals surface area contributed by atoms with Gasteiger partial charge >= 0.3 is 11.9 Å². The van der Waals surface area contributed by atoms with E-state index >= 15 is 0 Å². The lowest BCUT2D eigenvalue weighted by atomic mass is 9.79. The molecule has 0 saturated carbocycles. The van der Waals surface area contributed by atoms with E-state index in [1.165, 1.54) is 0 Å². The first kappa shape index (κ1) is 27.7. The van der Waals surface area contributed by atoms with Crippen molar-refractivity contribution in [3.63, 3.8) is 0 Å². The van der Waals surface area contributed by atoms with E-state index in [0.29, 0.717) is 36.5 Å². The monoisotopic (exact) mass is 562 g/mol. The zero-order valence-corrected chi connectivity index (χ0v) is 21.8. The predicted molar refractivity (Wildman–Crippen MR) is 136 cm³/mol. The number of carbonyl (C=O) groups is 3. The summed E-state index contributed by atoms with van der Waals surface area (Å²) in [5.41, 5.74) is -0.199. The van der Waals surface area contributed by atoms with Gasteiger partial charge in [-0.25, -0.2) is 0 Å². The summed E-state index contributed by atoms with van der Waals surface area (Å²) in [5, 5.41) is 18.8. The number of ketones is 1. The van der Waals surface area contributed by atoms with Gasteiger partial charge in [-0.05, 0) is 42.3 Å². The van der Waals surface area contributed by atoms with Crippen LogP contribution in [0.3, 0.4) is 0 Å². The lowest BCUT2D eigenvalue weighted by Gasteiger charge is -2.44. The SMILES string of the molecule is CCCc1cccc2c1OC(CCC(=O)O)(CCC(=O)O)C(OCCCOc1ccc(Br)cc1)C2=O. The fourth-order valence-corrected chi connectivity index (χ4v) is 4.60. The first-order valence-corrected chi connectivity index (χ1v) is 12.8. The van der Waals surface area contributed by atoms with Gasteiger partial charge < -0.3 is 24.4 Å². The molecule has 0 fully saturated rings. The Morgan fingerprint density at radius 3 is 2.31 bits per heavy atom. The van der Waals surface area contributed by atoms with Crippen LogP contribution in [0.4, 0.5) is 0 Å². The van der Waals surface area contributed by atoms with Crippen LogP contribution in [-0.4, -0.2) is 52.9 Å². The van der Waals surface area contributed by atoms with E-state index in [4.69, 9.17) is 14.2 Å². The molecular weight excluding hydrogens is 532 g/mol.